The predicted octanol–water partition coefficient (Wildman–Crippen LogP) is 2.52. The van der Waals surface area contributed by atoms with Gasteiger partial charge in [0.05, 0.1) is 0 Å². The van der Waals surface area contributed by atoms with Crippen LogP contribution in [0.15, 0.2) is 0 Å². The smallest absolute Gasteiger partial charge is 0.319 e. The maximum Gasteiger partial charge on any atom is 0.319 e. The van der Waals surface area contributed by atoms with Crippen LogP contribution in [-0.2, 0) is 9.53 Å². The van der Waals surface area contributed by atoms with E-state index in [0.717, 1.165) is 32.4 Å². The highest BCUT2D eigenvalue weighted by Gasteiger charge is 2.35. The fourth-order valence-corrected chi connectivity index (χ4v) is 2.22. The SMILES string of the molecule is CCC(I)C(=O)OC(C)(C)C1CCNCC1. The van der Waals surface area contributed by atoms with E-state index in [-0.39, 0.29) is 15.5 Å². The van der Waals surface area contributed by atoms with Gasteiger partial charge in [0.25, 0.3) is 0 Å². The zero-order valence-electron chi connectivity index (χ0n) is 10.4. The lowest BCUT2D eigenvalue weighted by Gasteiger charge is -2.37. The second-order valence-electron chi connectivity index (χ2n) is 4.92. The fourth-order valence-electron chi connectivity index (χ4n) is 2.09. The molecule has 1 rings (SSSR count). The Morgan fingerprint density at radius 1 is 1.50 bits per heavy atom. The molecule has 0 aromatic carbocycles. The van der Waals surface area contributed by atoms with Gasteiger partial charge in [-0.25, -0.2) is 0 Å². The lowest BCUT2D eigenvalue weighted by molar-refractivity contribution is -0.161. The number of hydrogen-bond donors (Lipinski definition) is 1. The molecule has 94 valence electrons. The maximum atomic E-state index is 11.8. The molecule has 1 aliphatic heterocycles. The maximum absolute atomic E-state index is 11.8. The van der Waals surface area contributed by atoms with Crippen molar-refractivity contribution in [2.75, 3.05) is 13.1 Å². The summed E-state index contributed by atoms with van der Waals surface area (Å²) in [5.74, 6) is 0.421. The first-order chi connectivity index (χ1) is 7.47. The molecule has 1 saturated heterocycles. The first-order valence-electron chi connectivity index (χ1n) is 6.05. The molecule has 0 aliphatic carbocycles. The van der Waals surface area contributed by atoms with Crippen molar-refractivity contribution in [1.29, 1.82) is 0 Å². The van der Waals surface area contributed by atoms with Crippen molar-refractivity contribution < 1.29 is 9.53 Å². The first kappa shape index (κ1) is 14.2. The van der Waals surface area contributed by atoms with Crippen LogP contribution in [-0.4, -0.2) is 28.6 Å². The highest BCUT2D eigenvalue weighted by Crippen LogP contribution is 2.30. The zero-order valence-corrected chi connectivity index (χ0v) is 12.5. The van der Waals surface area contributed by atoms with E-state index in [1.165, 1.54) is 0 Å². The third kappa shape index (κ3) is 3.87. The standard InChI is InChI=1S/C12H22INO2/c1-4-10(13)11(15)16-12(2,3)9-5-7-14-8-6-9/h9-10,14H,4-8H2,1-3H3. The van der Waals surface area contributed by atoms with Crippen LogP contribution >= 0.6 is 22.6 Å². The second-order valence-corrected chi connectivity index (χ2v) is 6.43. The predicted molar refractivity (Wildman–Crippen MR) is 73.9 cm³/mol. The Kier molecular flexibility index (Phi) is 5.50. The van der Waals surface area contributed by atoms with Crippen LogP contribution in [0.5, 0.6) is 0 Å². The molecule has 0 spiro atoms. The van der Waals surface area contributed by atoms with Crippen molar-refractivity contribution in [1.82, 2.24) is 5.32 Å². The van der Waals surface area contributed by atoms with Gasteiger partial charge in [-0.3, -0.25) is 4.79 Å². The topological polar surface area (TPSA) is 38.3 Å². The summed E-state index contributed by atoms with van der Waals surface area (Å²) in [6.07, 6.45) is 3.03. The van der Waals surface area contributed by atoms with E-state index < -0.39 is 0 Å². The molecule has 0 radical (unpaired) electrons. The van der Waals surface area contributed by atoms with Crippen LogP contribution in [0.2, 0.25) is 0 Å². The number of carbonyl (C=O) groups is 1. The third-order valence-corrected chi connectivity index (χ3v) is 4.69. The Balaban J connectivity index is 2.52. The van der Waals surface area contributed by atoms with Crippen LogP contribution in [0.25, 0.3) is 0 Å². The molecule has 0 saturated carbocycles. The lowest BCUT2D eigenvalue weighted by Crippen LogP contribution is -2.43. The van der Waals surface area contributed by atoms with Gasteiger partial charge in [0, 0.05) is 5.92 Å². The van der Waals surface area contributed by atoms with Crippen molar-refractivity contribution in [2.45, 2.75) is 49.6 Å². The van der Waals surface area contributed by atoms with E-state index in [1.54, 1.807) is 0 Å². The second kappa shape index (κ2) is 6.19. The van der Waals surface area contributed by atoms with E-state index in [2.05, 4.69) is 27.9 Å². The van der Waals surface area contributed by atoms with Crippen molar-refractivity contribution in [3.63, 3.8) is 0 Å². The van der Waals surface area contributed by atoms with E-state index in [1.807, 2.05) is 20.8 Å². The summed E-state index contributed by atoms with van der Waals surface area (Å²) in [6, 6.07) is 0. The molecule has 0 aromatic rings. The van der Waals surface area contributed by atoms with Crippen LogP contribution < -0.4 is 5.32 Å². The quantitative estimate of drug-likeness (QED) is 0.486. The van der Waals surface area contributed by atoms with Gasteiger partial charge in [-0.1, -0.05) is 29.5 Å². The van der Waals surface area contributed by atoms with Crippen molar-refractivity contribution >= 4 is 28.6 Å². The number of carbonyl (C=O) groups excluding carboxylic acids is 1. The van der Waals surface area contributed by atoms with E-state index >= 15 is 0 Å². The highest BCUT2D eigenvalue weighted by molar-refractivity contribution is 14.1. The summed E-state index contributed by atoms with van der Waals surface area (Å²) >= 11 is 2.16. The minimum atomic E-state index is -0.322. The molecule has 0 amide bonds. The largest absolute Gasteiger partial charge is 0.459 e. The molecule has 16 heavy (non-hydrogen) atoms. The monoisotopic (exact) mass is 339 g/mol. The number of hydrogen-bond acceptors (Lipinski definition) is 3. The van der Waals surface area contributed by atoms with Crippen LogP contribution in [0, 0.1) is 5.92 Å². The van der Waals surface area contributed by atoms with E-state index in [9.17, 15) is 4.79 Å². The molecule has 1 heterocycles. The van der Waals surface area contributed by atoms with Crippen molar-refractivity contribution in [3.05, 3.63) is 0 Å². The highest BCUT2D eigenvalue weighted by atomic mass is 127. The van der Waals surface area contributed by atoms with Gasteiger partial charge < -0.3 is 10.1 Å². The number of ether oxygens (including phenoxy) is 1. The number of rotatable bonds is 4. The molecular formula is C12H22INO2. The molecule has 1 aliphatic rings. The van der Waals surface area contributed by atoms with Gasteiger partial charge in [-0.2, -0.15) is 0 Å². The normalized spacial score (nSPS) is 20.5. The van der Waals surface area contributed by atoms with Crippen LogP contribution in [0.4, 0.5) is 0 Å². The summed E-state index contributed by atoms with van der Waals surface area (Å²) in [4.78, 5) is 11.8. The first-order valence-corrected chi connectivity index (χ1v) is 7.29. The molecule has 1 atom stereocenters. The Bertz CT molecular complexity index is 237. The van der Waals surface area contributed by atoms with Crippen LogP contribution in [0.1, 0.15) is 40.0 Å². The van der Waals surface area contributed by atoms with Gasteiger partial charge in [0.1, 0.15) is 9.53 Å². The van der Waals surface area contributed by atoms with Gasteiger partial charge in [-0.15, -0.1) is 0 Å². The Morgan fingerprint density at radius 2 is 2.06 bits per heavy atom. The summed E-state index contributed by atoms with van der Waals surface area (Å²) < 4.78 is 5.64. The minimum Gasteiger partial charge on any atom is -0.459 e. The number of alkyl halides is 1. The molecule has 4 heteroatoms. The zero-order chi connectivity index (χ0) is 12.2. The number of nitrogens with one attached hydrogen (secondary N) is 1. The summed E-state index contributed by atoms with van der Waals surface area (Å²) in [7, 11) is 0. The summed E-state index contributed by atoms with van der Waals surface area (Å²) in [5, 5.41) is 3.33. The molecule has 1 N–H and O–H groups in total. The Hall–Kier alpha value is 0.160. The third-order valence-electron chi connectivity index (χ3n) is 3.30. The number of halogens is 1. The van der Waals surface area contributed by atoms with Gasteiger partial charge in [0.2, 0.25) is 0 Å². The average Bonchev–Trinajstić information content (AvgIpc) is 2.28. The molecule has 0 aromatic heterocycles. The molecular weight excluding hydrogens is 317 g/mol. The van der Waals surface area contributed by atoms with Gasteiger partial charge in [0.15, 0.2) is 0 Å². The molecule has 3 nitrogen and oxygen atoms in total. The number of esters is 1. The average molecular weight is 339 g/mol. The van der Waals surface area contributed by atoms with Gasteiger partial charge in [-0.05, 0) is 46.2 Å². The Labute approximate surface area is 112 Å². The molecule has 0 bridgehead atoms. The van der Waals surface area contributed by atoms with E-state index in [4.69, 9.17) is 4.74 Å². The lowest BCUT2D eigenvalue weighted by atomic mass is 9.83. The summed E-state index contributed by atoms with van der Waals surface area (Å²) in [5.41, 5.74) is -0.322. The Morgan fingerprint density at radius 3 is 2.56 bits per heavy atom. The minimum absolute atomic E-state index is 0.0152. The van der Waals surface area contributed by atoms with Crippen molar-refractivity contribution in [3.8, 4) is 0 Å². The van der Waals surface area contributed by atoms with E-state index in [0.29, 0.717) is 5.92 Å². The number of piperidine rings is 1. The van der Waals surface area contributed by atoms with Gasteiger partial charge >= 0.3 is 5.97 Å². The molecule has 1 fully saturated rings. The molecule has 1 unspecified atom stereocenters. The van der Waals surface area contributed by atoms with Crippen molar-refractivity contribution in [2.24, 2.45) is 5.92 Å². The summed E-state index contributed by atoms with van der Waals surface area (Å²) in [6.45, 7) is 8.16. The fraction of sp³-hybridized carbons (Fsp3) is 0.917. The van der Waals surface area contributed by atoms with Crippen LogP contribution in [0.3, 0.4) is 0 Å².